The molecule has 0 fully saturated rings. The van der Waals surface area contributed by atoms with Crippen molar-refractivity contribution >= 4 is 46.6 Å². The molecule has 0 saturated heterocycles. The molecular formula is C17H13Cl2N3O2S. The molecular weight excluding hydrogens is 381 g/mol. The van der Waals surface area contributed by atoms with Gasteiger partial charge in [-0.25, -0.2) is 0 Å². The van der Waals surface area contributed by atoms with Crippen molar-refractivity contribution in [2.24, 2.45) is 0 Å². The van der Waals surface area contributed by atoms with Gasteiger partial charge in [0, 0.05) is 5.56 Å². The van der Waals surface area contributed by atoms with Crippen LogP contribution >= 0.6 is 35.0 Å². The highest BCUT2D eigenvalue weighted by Gasteiger charge is 2.14. The lowest BCUT2D eigenvalue weighted by atomic mass is 10.2. The maximum atomic E-state index is 12.1. The largest absolute Gasteiger partial charge is 0.411 e. The average molecular weight is 394 g/mol. The zero-order valence-electron chi connectivity index (χ0n) is 13.1. The molecule has 1 heterocycles. The van der Waals surface area contributed by atoms with E-state index < -0.39 is 0 Å². The summed E-state index contributed by atoms with van der Waals surface area (Å²) in [5.74, 6) is 0.240. The molecule has 5 nitrogen and oxygen atoms in total. The summed E-state index contributed by atoms with van der Waals surface area (Å²) in [7, 11) is 0. The molecule has 8 heteroatoms. The highest BCUT2D eigenvalue weighted by molar-refractivity contribution is 7.99. The third-order valence-corrected chi connectivity index (χ3v) is 4.92. The second-order valence-corrected chi connectivity index (χ2v) is 6.84. The van der Waals surface area contributed by atoms with Crippen LogP contribution in [0.4, 0.5) is 5.69 Å². The number of anilines is 1. The van der Waals surface area contributed by atoms with Gasteiger partial charge in [0.15, 0.2) is 0 Å². The number of halogens is 2. The SMILES string of the molecule is Cc1ccc(Cl)c(NC(=O)CSc2nnc(-c3ccccc3)o2)c1Cl. The van der Waals surface area contributed by atoms with Crippen LogP contribution in [-0.2, 0) is 4.79 Å². The fourth-order valence-corrected chi connectivity index (χ4v) is 3.07. The number of hydrogen-bond acceptors (Lipinski definition) is 5. The monoisotopic (exact) mass is 393 g/mol. The van der Waals surface area contributed by atoms with Crippen LogP contribution < -0.4 is 5.32 Å². The standard InChI is InChI=1S/C17H13Cl2N3O2S/c1-10-7-8-12(18)15(14(10)19)20-13(23)9-25-17-22-21-16(24-17)11-5-3-2-4-6-11/h2-8H,9H2,1H3,(H,20,23). The number of benzene rings is 2. The van der Waals surface area contributed by atoms with Gasteiger partial charge in [-0.3, -0.25) is 4.79 Å². The van der Waals surface area contributed by atoms with E-state index in [0.717, 1.165) is 22.9 Å². The summed E-state index contributed by atoms with van der Waals surface area (Å²) in [5, 5.41) is 11.8. The molecule has 0 saturated carbocycles. The Morgan fingerprint density at radius 2 is 1.92 bits per heavy atom. The number of hydrogen-bond donors (Lipinski definition) is 1. The summed E-state index contributed by atoms with van der Waals surface area (Å²) >= 11 is 13.4. The van der Waals surface area contributed by atoms with Crippen molar-refractivity contribution in [2.45, 2.75) is 12.1 Å². The summed E-state index contributed by atoms with van der Waals surface area (Å²) in [4.78, 5) is 12.1. The van der Waals surface area contributed by atoms with Crippen LogP contribution in [-0.4, -0.2) is 21.9 Å². The van der Waals surface area contributed by atoms with Crippen molar-refractivity contribution in [3.63, 3.8) is 0 Å². The molecule has 0 aliphatic heterocycles. The normalized spacial score (nSPS) is 10.7. The Bertz CT molecular complexity index is 900. The van der Waals surface area contributed by atoms with Gasteiger partial charge in [0.05, 0.1) is 21.5 Å². The molecule has 1 aromatic heterocycles. The number of aromatic nitrogens is 2. The van der Waals surface area contributed by atoms with Gasteiger partial charge in [-0.1, -0.05) is 59.2 Å². The number of nitrogens with one attached hydrogen (secondary N) is 1. The minimum atomic E-state index is -0.265. The molecule has 3 rings (SSSR count). The Kier molecular flexibility index (Phi) is 5.63. The highest BCUT2D eigenvalue weighted by atomic mass is 35.5. The molecule has 2 aromatic carbocycles. The van der Waals surface area contributed by atoms with Gasteiger partial charge in [0.25, 0.3) is 5.22 Å². The quantitative estimate of drug-likeness (QED) is 0.611. The lowest BCUT2D eigenvalue weighted by Gasteiger charge is -2.10. The Hall–Kier alpha value is -2.02. The molecule has 0 aliphatic rings. The molecule has 0 atom stereocenters. The van der Waals surface area contributed by atoms with E-state index in [1.165, 1.54) is 0 Å². The lowest BCUT2D eigenvalue weighted by Crippen LogP contribution is -2.15. The van der Waals surface area contributed by atoms with Crippen LogP contribution in [0.25, 0.3) is 11.5 Å². The average Bonchev–Trinajstić information content (AvgIpc) is 3.10. The van der Waals surface area contributed by atoms with Gasteiger partial charge in [0.1, 0.15) is 0 Å². The van der Waals surface area contributed by atoms with Gasteiger partial charge in [-0.15, -0.1) is 10.2 Å². The van der Waals surface area contributed by atoms with Crippen molar-refractivity contribution in [1.29, 1.82) is 0 Å². The summed E-state index contributed by atoms with van der Waals surface area (Å²) in [5.41, 5.74) is 2.06. The first kappa shape index (κ1) is 17.8. The van der Waals surface area contributed by atoms with Crippen molar-refractivity contribution in [2.75, 3.05) is 11.1 Å². The maximum absolute atomic E-state index is 12.1. The zero-order valence-corrected chi connectivity index (χ0v) is 15.5. The topological polar surface area (TPSA) is 68.0 Å². The molecule has 1 amide bonds. The van der Waals surface area contributed by atoms with Crippen molar-refractivity contribution in [3.8, 4) is 11.5 Å². The molecule has 0 aliphatic carbocycles. The minimum absolute atomic E-state index is 0.0943. The summed E-state index contributed by atoms with van der Waals surface area (Å²) < 4.78 is 5.55. The predicted molar refractivity (Wildman–Crippen MR) is 100 cm³/mol. The highest BCUT2D eigenvalue weighted by Crippen LogP contribution is 2.33. The van der Waals surface area contributed by atoms with Gasteiger partial charge < -0.3 is 9.73 Å². The van der Waals surface area contributed by atoms with Crippen LogP contribution in [0.1, 0.15) is 5.56 Å². The molecule has 0 radical (unpaired) electrons. The molecule has 25 heavy (non-hydrogen) atoms. The van der Waals surface area contributed by atoms with Gasteiger partial charge in [0.2, 0.25) is 11.8 Å². The van der Waals surface area contributed by atoms with Crippen molar-refractivity contribution < 1.29 is 9.21 Å². The number of amides is 1. The predicted octanol–water partition coefficient (Wildman–Crippen LogP) is 5.08. The Labute approximate surface area is 158 Å². The van der Waals surface area contributed by atoms with Gasteiger partial charge in [-0.05, 0) is 30.7 Å². The third kappa shape index (κ3) is 4.34. The molecule has 0 bridgehead atoms. The smallest absolute Gasteiger partial charge is 0.277 e. The lowest BCUT2D eigenvalue weighted by molar-refractivity contribution is -0.113. The molecule has 1 N–H and O–H groups in total. The number of thioether (sulfide) groups is 1. The fourth-order valence-electron chi connectivity index (χ4n) is 2.04. The van der Waals surface area contributed by atoms with Crippen LogP contribution in [0.5, 0.6) is 0 Å². The first-order chi connectivity index (χ1) is 12.0. The van der Waals surface area contributed by atoms with Gasteiger partial charge in [-0.2, -0.15) is 0 Å². The number of rotatable bonds is 5. The molecule has 3 aromatic rings. The number of aryl methyl sites for hydroxylation is 1. The second kappa shape index (κ2) is 7.91. The van der Waals surface area contributed by atoms with Crippen molar-refractivity contribution in [3.05, 3.63) is 58.1 Å². The minimum Gasteiger partial charge on any atom is -0.411 e. The van der Waals surface area contributed by atoms with E-state index in [0.29, 0.717) is 26.8 Å². The van der Waals surface area contributed by atoms with Crippen molar-refractivity contribution in [1.82, 2.24) is 10.2 Å². The number of nitrogens with zero attached hydrogens (tertiary/aromatic N) is 2. The fraction of sp³-hybridized carbons (Fsp3) is 0.118. The third-order valence-electron chi connectivity index (χ3n) is 3.30. The van der Waals surface area contributed by atoms with E-state index >= 15 is 0 Å². The van der Waals surface area contributed by atoms with Crippen LogP contribution in [0.2, 0.25) is 10.0 Å². The Morgan fingerprint density at radius 3 is 2.68 bits per heavy atom. The van der Waals surface area contributed by atoms with E-state index in [4.69, 9.17) is 27.6 Å². The molecule has 0 spiro atoms. The van der Waals surface area contributed by atoms with Crippen LogP contribution in [0.3, 0.4) is 0 Å². The van der Waals surface area contributed by atoms with Crippen LogP contribution in [0, 0.1) is 6.92 Å². The van der Waals surface area contributed by atoms with E-state index in [-0.39, 0.29) is 11.7 Å². The Morgan fingerprint density at radius 1 is 1.16 bits per heavy atom. The maximum Gasteiger partial charge on any atom is 0.277 e. The van der Waals surface area contributed by atoms with Gasteiger partial charge >= 0.3 is 0 Å². The van der Waals surface area contributed by atoms with E-state index in [1.807, 2.05) is 37.3 Å². The summed E-state index contributed by atoms with van der Waals surface area (Å²) in [6, 6.07) is 12.9. The first-order valence-electron chi connectivity index (χ1n) is 7.31. The number of carbonyl (C=O) groups excluding carboxylic acids is 1. The summed E-state index contributed by atoms with van der Waals surface area (Å²) in [6.07, 6.45) is 0. The molecule has 0 unspecified atom stereocenters. The van der Waals surface area contributed by atoms with E-state index in [9.17, 15) is 4.79 Å². The Balaban J connectivity index is 1.62. The molecule has 128 valence electrons. The van der Waals surface area contributed by atoms with E-state index in [1.54, 1.807) is 12.1 Å². The number of carbonyl (C=O) groups is 1. The zero-order chi connectivity index (χ0) is 17.8. The first-order valence-corrected chi connectivity index (χ1v) is 9.05. The summed E-state index contributed by atoms with van der Waals surface area (Å²) in [6.45, 7) is 1.84. The van der Waals surface area contributed by atoms with E-state index in [2.05, 4.69) is 15.5 Å². The second-order valence-electron chi connectivity index (χ2n) is 5.13. The van der Waals surface area contributed by atoms with Crippen LogP contribution in [0.15, 0.2) is 52.1 Å².